The van der Waals surface area contributed by atoms with Crippen LogP contribution >= 0.6 is 0 Å². The van der Waals surface area contributed by atoms with Crippen LogP contribution in [0.3, 0.4) is 0 Å². The van der Waals surface area contributed by atoms with Crippen LogP contribution in [0.4, 0.5) is 11.4 Å². The van der Waals surface area contributed by atoms with Crippen LogP contribution in [0.5, 0.6) is 0 Å². The predicted octanol–water partition coefficient (Wildman–Crippen LogP) is 0.504. The van der Waals surface area contributed by atoms with E-state index in [-0.39, 0.29) is 10.8 Å². The average molecular weight is 314 g/mol. The number of carbonyl (C=O) groups is 1. The van der Waals surface area contributed by atoms with Crippen molar-refractivity contribution in [1.82, 2.24) is 10.0 Å². The monoisotopic (exact) mass is 314 g/mol. The second-order valence-corrected chi connectivity index (χ2v) is 6.50. The minimum absolute atomic E-state index is 0.0860. The number of carbonyl (C=O) groups excluding carboxylic acids is 1. The van der Waals surface area contributed by atoms with E-state index in [0.29, 0.717) is 17.9 Å². The number of benzene rings is 1. The Labute approximate surface area is 125 Å². The van der Waals surface area contributed by atoms with Crippen molar-refractivity contribution in [2.45, 2.75) is 31.2 Å². The molecular weight excluding hydrogens is 292 g/mol. The highest BCUT2D eigenvalue weighted by molar-refractivity contribution is 7.89. The van der Waals surface area contributed by atoms with Crippen LogP contribution in [-0.4, -0.2) is 34.0 Å². The van der Waals surface area contributed by atoms with Crippen molar-refractivity contribution in [3.8, 4) is 0 Å². The maximum absolute atomic E-state index is 11.8. The third-order valence-corrected chi connectivity index (χ3v) is 4.33. The fraction of sp³-hybridized carbons (Fsp3) is 0.462. The van der Waals surface area contributed by atoms with Gasteiger partial charge in [0.1, 0.15) is 6.04 Å². The molecule has 1 aromatic carbocycles. The van der Waals surface area contributed by atoms with Crippen molar-refractivity contribution in [1.29, 1.82) is 0 Å². The van der Waals surface area contributed by atoms with Crippen molar-refractivity contribution in [2.24, 2.45) is 0 Å². The zero-order valence-corrected chi connectivity index (χ0v) is 13.3. The first-order chi connectivity index (χ1) is 9.81. The molecule has 0 aromatic heterocycles. The maximum Gasteiger partial charge on any atom is 0.242 e. The number of amides is 1. The van der Waals surface area contributed by atoms with Crippen molar-refractivity contribution in [3.63, 3.8) is 0 Å². The molecule has 0 aliphatic heterocycles. The van der Waals surface area contributed by atoms with Gasteiger partial charge >= 0.3 is 0 Å². The first kappa shape index (κ1) is 17.3. The normalized spacial score (nSPS) is 12.7. The van der Waals surface area contributed by atoms with E-state index in [1.54, 1.807) is 6.92 Å². The van der Waals surface area contributed by atoms with Gasteiger partial charge in [-0.1, -0.05) is 6.92 Å². The van der Waals surface area contributed by atoms with E-state index < -0.39 is 16.1 Å². The van der Waals surface area contributed by atoms with Gasteiger partial charge in [-0.2, -0.15) is 0 Å². The highest BCUT2D eigenvalue weighted by Gasteiger charge is 2.16. The van der Waals surface area contributed by atoms with Gasteiger partial charge in [-0.15, -0.1) is 0 Å². The summed E-state index contributed by atoms with van der Waals surface area (Å²) < 4.78 is 25.8. The largest absolute Gasteiger partial charge is 0.397 e. The summed E-state index contributed by atoms with van der Waals surface area (Å²) in [5.74, 6) is -0.168. The molecule has 5 N–H and O–H groups in total. The number of anilines is 2. The number of nitrogen functional groups attached to an aromatic ring is 1. The molecular formula is C13H22N4O3S. The first-order valence-electron chi connectivity index (χ1n) is 6.69. The summed E-state index contributed by atoms with van der Waals surface area (Å²) in [4.78, 5) is 11.9. The molecule has 0 fully saturated rings. The van der Waals surface area contributed by atoms with Gasteiger partial charge < -0.3 is 16.4 Å². The third kappa shape index (κ3) is 4.61. The molecule has 21 heavy (non-hydrogen) atoms. The summed E-state index contributed by atoms with van der Waals surface area (Å²) in [5.41, 5.74) is 6.60. The molecule has 0 aliphatic rings. The molecule has 0 radical (unpaired) electrons. The van der Waals surface area contributed by atoms with E-state index in [9.17, 15) is 13.2 Å². The van der Waals surface area contributed by atoms with Crippen molar-refractivity contribution < 1.29 is 13.2 Å². The van der Waals surface area contributed by atoms with Crippen LogP contribution in [0.1, 0.15) is 20.3 Å². The lowest BCUT2D eigenvalue weighted by Crippen LogP contribution is -2.38. The molecule has 0 saturated heterocycles. The Balaban J connectivity index is 2.93. The number of hydrogen-bond donors (Lipinski definition) is 4. The van der Waals surface area contributed by atoms with Gasteiger partial charge in [0.25, 0.3) is 0 Å². The number of rotatable bonds is 7. The number of nitrogens with two attached hydrogens (primary N) is 1. The number of hydrogen-bond acceptors (Lipinski definition) is 5. The van der Waals surface area contributed by atoms with Crippen LogP contribution in [0.25, 0.3) is 0 Å². The highest BCUT2D eigenvalue weighted by Crippen LogP contribution is 2.23. The van der Waals surface area contributed by atoms with Gasteiger partial charge in [0, 0.05) is 6.54 Å². The molecule has 0 bridgehead atoms. The van der Waals surface area contributed by atoms with E-state index in [1.165, 1.54) is 25.2 Å². The topological polar surface area (TPSA) is 113 Å². The van der Waals surface area contributed by atoms with Crippen LogP contribution in [-0.2, 0) is 14.8 Å². The molecule has 1 amide bonds. The summed E-state index contributed by atoms with van der Waals surface area (Å²) in [7, 11) is -2.22. The van der Waals surface area contributed by atoms with Gasteiger partial charge in [-0.3, -0.25) is 4.79 Å². The Morgan fingerprint density at radius 1 is 1.38 bits per heavy atom. The standard InChI is InChI=1S/C13H22N4O3S/c1-4-7-16-13(18)9(2)17-12-8-10(5-6-11(12)14)21(19,20)15-3/h5-6,8-9,15,17H,4,7,14H2,1-3H3,(H,16,18). The zero-order valence-electron chi connectivity index (χ0n) is 12.4. The van der Waals surface area contributed by atoms with Crippen LogP contribution in [0.2, 0.25) is 0 Å². The number of nitrogens with one attached hydrogen (secondary N) is 3. The van der Waals surface area contributed by atoms with E-state index in [2.05, 4.69) is 15.4 Å². The van der Waals surface area contributed by atoms with Gasteiger partial charge in [0.15, 0.2) is 0 Å². The van der Waals surface area contributed by atoms with Gasteiger partial charge in [0.2, 0.25) is 15.9 Å². The summed E-state index contributed by atoms with van der Waals surface area (Å²) in [6.45, 7) is 4.24. The van der Waals surface area contributed by atoms with E-state index in [4.69, 9.17) is 5.73 Å². The average Bonchev–Trinajstić information content (AvgIpc) is 2.46. The van der Waals surface area contributed by atoms with Crippen molar-refractivity contribution >= 4 is 27.3 Å². The Kier molecular flexibility index (Phi) is 5.98. The fourth-order valence-electron chi connectivity index (χ4n) is 1.65. The minimum Gasteiger partial charge on any atom is -0.397 e. The van der Waals surface area contributed by atoms with E-state index in [1.807, 2.05) is 6.92 Å². The number of sulfonamides is 1. The Morgan fingerprint density at radius 3 is 2.62 bits per heavy atom. The lowest BCUT2D eigenvalue weighted by Gasteiger charge is -2.17. The van der Waals surface area contributed by atoms with Crippen molar-refractivity contribution in [2.75, 3.05) is 24.6 Å². The first-order valence-corrected chi connectivity index (χ1v) is 8.17. The van der Waals surface area contributed by atoms with E-state index >= 15 is 0 Å². The highest BCUT2D eigenvalue weighted by atomic mass is 32.2. The molecule has 1 rings (SSSR count). The predicted molar refractivity (Wildman–Crippen MR) is 83.5 cm³/mol. The van der Waals surface area contributed by atoms with E-state index in [0.717, 1.165) is 6.42 Å². The molecule has 0 aliphatic carbocycles. The molecule has 0 heterocycles. The SMILES string of the molecule is CCCNC(=O)C(C)Nc1cc(S(=O)(=O)NC)ccc1N. The minimum atomic E-state index is -3.55. The Morgan fingerprint density at radius 2 is 2.05 bits per heavy atom. The zero-order chi connectivity index (χ0) is 16.0. The fourth-order valence-corrected chi connectivity index (χ4v) is 2.40. The molecule has 1 atom stereocenters. The smallest absolute Gasteiger partial charge is 0.242 e. The molecule has 1 aromatic rings. The van der Waals surface area contributed by atoms with Gasteiger partial charge in [-0.05, 0) is 38.6 Å². The third-order valence-electron chi connectivity index (χ3n) is 2.92. The molecule has 118 valence electrons. The Hall–Kier alpha value is -1.80. The van der Waals surface area contributed by atoms with Crippen molar-refractivity contribution in [3.05, 3.63) is 18.2 Å². The lowest BCUT2D eigenvalue weighted by atomic mass is 10.2. The molecule has 0 spiro atoms. The summed E-state index contributed by atoms with van der Waals surface area (Å²) in [6, 6.07) is 3.79. The maximum atomic E-state index is 11.8. The quantitative estimate of drug-likeness (QED) is 0.547. The van der Waals surface area contributed by atoms with Gasteiger partial charge in [-0.25, -0.2) is 13.1 Å². The second kappa shape index (κ2) is 7.28. The van der Waals surface area contributed by atoms with Gasteiger partial charge in [0.05, 0.1) is 16.3 Å². The summed E-state index contributed by atoms with van der Waals surface area (Å²) in [6.07, 6.45) is 0.844. The van der Waals surface area contributed by atoms with Crippen LogP contribution in [0.15, 0.2) is 23.1 Å². The van der Waals surface area contributed by atoms with Crippen LogP contribution < -0.4 is 21.1 Å². The Bertz CT molecular complexity index is 601. The molecule has 0 saturated carbocycles. The second-order valence-electron chi connectivity index (χ2n) is 4.61. The molecule has 8 heteroatoms. The summed E-state index contributed by atoms with van der Waals surface area (Å²) >= 11 is 0. The van der Waals surface area contributed by atoms with Crippen LogP contribution in [0, 0.1) is 0 Å². The summed E-state index contributed by atoms with van der Waals surface area (Å²) in [5, 5.41) is 5.68. The molecule has 7 nitrogen and oxygen atoms in total. The lowest BCUT2D eigenvalue weighted by molar-refractivity contribution is -0.121. The molecule has 1 unspecified atom stereocenters.